The minimum atomic E-state index is -0.791. The molecule has 0 unspecified atom stereocenters. The van der Waals surface area contributed by atoms with Crippen molar-refractivity contribution in [1.29, 1.82) is 0 Å². The molecule has 0 fully saturated rings. The average Bonchev–Trinajstić information content (AvgIpc) is 2.59. The van der Waals surface area contributed by atoms with Crippen molar-refractivity contribution >= 4 is 35.1 Å². The Hall–Kier alpha value is -2.04. The Kier molecular flexibility index (Phi) is 7.06. The van der Waals surface area contributed by atoms with Crippen molar-refractivity contribution in [3.63, 3.8) is 0 Å². The molecule has 0 heterocycles. The molecule has 6 heteroatoms. The van der Waals surface area contributed by atoms with Crippen LogP contribution >= 0.6 is 23.2 Å². The first-order valence-corrected chi connectivity index (χ1v) is 9.06. The molecule has 138 valence electrons. The number of benzene rings is 2. The maximum absolute atomic E-state index is 12.6. The Morgan fingerprint density at radius 3 is 2.23 bits per heavy atom. The standard InChI is InChI=1S/C20H21Cl2NO3/c1-12(2)18(20(25)26-13(3)14-7-5-4-6-8-14)23-19(24)16-10-9-15(21)11-17(16)22/h4-13,18H,1-3H3,(H,23,24)/t13-,18-/m0/s1. The van der Waals surface area contributed by atoms with E-state index in [9.17, 15) is 9.59 Å². The van der Waals surface area contributed by atoms with E-state index in [1.165, 1.54) is 12.1 Å². The number of hydrogen-bond donors (Lipinski definition) is 1. The number of hydrogen-bond acceptors (Lipinski definition) is 3. The number of esters is 1. The molecule has 0 saturated heterocycles. The van der Waals surface area contributed by atoms with E-state index >= 15 is 0 Å². The van der Waals surface area contributed by atoms with Crippen LogP contribution in [0.3, 0.4) is 0 Å². The van der Waals surface area contributed by atoms with E-state index in [0.717, 1.165) is 5.56 Å². The van der Waals surface area contributed by atoms with E-state index in [0.29, 0.717) is 5.02 Å². The van der Waals surface area contributed by atoms with E-state index in [2.05, 4.69) is 5.32 Å². The Balaban J connectivity index is 2.10. The third-order valence-corrected chi connectivity index (χ3v) is 4.49. The zero-order valence-corrected chi connectivity index (χ0v) is 16.3. The van der Waals surface area contributed by atoms with Crippen LogP contribution in [0.5, 0.6) is 0 Å². The van der Waals surface area contributed by atoms with Gasteiger partial charge in [0, 0.05) is 5.02 Å². The van der Waals surface area contributed by atoms with Gasteiger partial charge in [-0.05, 0) is 36.6 Å². The zero-order chi connectivity index (χ0) is 19.3. The molecule has 26 heavy (non-hydrogen) atoms. The summed E-state index contributed by atoms with van der Waals surface area (Å²) < 4.78 is 5.54. The number of rotatable bonds is 6. The predicted molar refractivity (Wildman–Crippen MR) is 104 cm³/mol. The zero-order valence-electron chi connectivity index (χ0n) is 14.8. The fraction of sp³-hybridized carbons (Fsp3) is 0.300. The fourth-order valence-electron chi connectivity index (χ4n) is 2.43. The van der Waals surface area contributed by atoms with Crippen molar-refractivity contribution in [2.45, 2.75) is 32.9 Å². The van der Waals surface area contributed by atoms with Gasteiger partial charge in [0.15, 0.2) is 0 Å². The summed E-state index contributed by atoms with van der Waals surface area (Å²) in [6.45, 7) is 5.47. The molecule has 4 nitrogen and oxygen atoms in total. The Morgan fingerprint density at radius 2 is 1.65 bits per heavy atom. The van der Waals surface area contributed by atoms with Gasteiger partial charge < -0.3 is 10.1 Å². The molecule has 2 rings (SSSR count). The van der Waals surface area contributed by atoms with E-state index in [-0.39, 0.29) is 16.5 Å². The second kappa shape index (κ2) is 9.06. The monoisotopic (exact) mass is 393 g/mol. The van der Waals surface area contributed by atoms with E-state index in [1.807, 2.05) is 44.2 Å². The van der Waals surface area contributed by atoms with Crippen LogP contribution in [0.15, 0.2) is 48.5 Å². The van der Waals surface area contributed by atoms with Gasteiger partial charge in [-0.1, -0.05) is 67.4 Å². The van der Waals surface area contributed by atoms with Crippen molar-refractivity contribution < 1.29 is 14.3 Å². The van der Waals surface area contributed by atoms with Crippen LogP contribution in [-0.2, 0) is 9.53 Å². The smallest absolute Gasteiger partial charge is 0.329 e. The number of carbonyl (C=O) groups is 2. The van der Waals surface area contributed by atoms with Gasteiger partial charge >= 0.3 is 5.97 Å². The number of halogens is 2. The third-order valence-electron chi connectivity index (χ3n) is 3.94. The second-order valence-electron chi connectivity index (χ2n) is 6.31. The topological polar surface area (TPSA) is 55.4 Å². The predicted octanol–water partition coefficient (Wildman–Crippen LogP) is 5.05. The Labute approximate surface area is 163 Å². The summed E-state index contributed by atoms with van der Waals surface area (Å²) in [7, 11) is 0. The van der Waals surface area contributed by atoms with Crippen molar-refractivity contribution in [3.8, 4) is 0 Å². The summed E-state index contributed by atoms with van der Waals surface area (Å²) in [5.74, 6) is -1.09. The first kappa shape index (κ1) is 20.3. The maximum atomic E-state index is 12.6. The Bertz CT molecular complexity index is 778. The molecule has 0 aliphatic carbocycles. The summed E-state index contributed by atoms with van der Waals surface area (Å²) in [6, 6.07) is 13.2. The van der Waals surface area contributed by atoms with E-state index in [4.69, 9.17) is 27.9 Å². The molecule has 2 aromatic carbocycles. The molecule has 0 radical (unpaired) electrons. The Morgan fingerprint density at radius 1 is 1.00 bits per heavy atom. The van der Waals surface area contributed by atoms with Gasteiger partial charge in [-0.25, -0.2) is 4.79 Å². The number of nitrogens with one attached hydrogen (secondary N) is 1. The highest BCUT2D eigenvalue weighted by atomic mass is 35.5. The lowest BCUT2D eigenvalue weighted by molar-refractivity contribution is -0.152. The molecule has 2 atom stereocenters. The quantitative estimate of drug-likeness (QED) is 0.698. The minimum absolute atomic E-state index is 0.152. The van der Waals surface area contributed by atoms with Gasteiger partial charge in [0.05, 0.1) is 10.6 Å². The van der Waals surface area contributed by atoms with Gasteiger partial charge in [-0.15, -0.1) is 0 Å². The molecular formula is C20H21Cl2NO3. The molecule has 0 aliphatic heterocycles. The van der Waals surface area contributed by atoms with Crippen molar-refractivity contribution in [2.75, 3.05) is 0 Å². The normalized spacial score (nSPS) is 13.2. The van der Waals surface area contributed by atoms with Crippen LogP contribution < -0.4 is 5.32 Å². The second-order valence-corrected chi connectivity index (χ2v) is 7.15. The summed E-state index contributed by atoms with van der Waals surface area (Å²) in [4.78, 5) is 25.1. The maximum Gasteiger partial charge on any atom is 0.329 e. The van der Waals surface area contributed by atoms with Gasteiger partial charge in [0.25, 0.3) is 5.91 Å². The summed E-state index contributed by atoms with van der Waals surface area (Å²) >= 11 is 11.9. The number of carbonyl (C=O) groups excluding carboxylic acids is 2. The third kappa shape index (κ3) is 5.23. The van der Waals surface area contributed by atoms with Crippen LogP contribution in [0, 0.1) is 5.92 Å². The lowest BCUT2D eigenvalue weighted by Crippen LogP contribution is -2.45. The summed E-state index contributed by atoms with van der Waals surface area (Å²) in [5.41, 5.74) is 1.14. The van der Waals surface area contributed by atoms with Gasteiger partial charge in [-0.2, -0.15) is 0 Å². The number of amides is 1. The molecule has 0 bridgehead atoms. The highest BCUT2D eigenvalue weighted by Crippen LogP contribution is 2.22. The highest BCUT2D eigenvalue weighted by molar-refractivity contribution is 6.36. The first-order chi connectivity index (χ1) is 12.3. The molecule has 0 aromatic heterocycles. The van der Waals surface area contributed by atoms with Crippen LogP contribution in [-0.4, -0.2) is 17.9 Å². The lowest BCUT2D eigenvalue weighted by Gasteiger charge is -2.23. The highest BCUT2D eigenvalue weighted by Gasteiger charge is 2.28. The lowest BCUT2D eigenvalue weighted by atomic mass is 10.0. The first-order valence-electron chi connectivity index (χ1n) is 8.31. The van der Waals surface area contributed by atoms with Gasteiger partial charge in [-0.3, -0.25) is 4.79 Å². The molecule has 0 saturated carbocycles. The summed E-state index contributed by atoms with van der Waals surface area (Å²) in [5, 5.41) is 3.37. The van der Waals surface area contributed by atoms with E-state index < -0.39 is 24.0 Å². The SMILES string of the molecule is CC(C)[C@H](NC(=O)c1ccc(Cl)cc1Cl)C(=O)O[C@@H](C)c1ccccc1. The van der Waals surface area contributed by atoms with Crippen LogP contribution in [0.1, 0.15) is 42.8 Å². The van der Waals surface area contributed by atoms with Crippen molar-refractivity contribution in [2.24, 2.45) is 5.92 Å². The van der Waals surface area contributed by atoms with Crippen LogP contribution in [0.25, 0.3) is 0 Å². The van der Waals surface area contributed by atoms with E-state index in [1.54, 1.807) is 13.0 Å². The molecule has 0 spiro atoms. The van der Waals surface area contributed by atoms with Crippen LogP contribution in [0.2, 0.25) is 10.0 Å². The van der Waals surface area contributed by atoms with Gasteiger partial charge in [0.1, 0.15) is 12.1 Å². The average molecular weight is 394 g/mol. The summed E-state index contributed by atoms with van der Waals surface area (Å²) in [6.07, 6.45) is -0.416. The largest absolute Gasteiger partial charge is 0.456 e. The van der Waals surface area contributed by atoms with Crippen LogP contribution in [0.4, 0.5) is 0 Å². The molecule has 2 aromatic rings. The van der Waals surface area contributed by atoms with Gasteiger partial charge in [0.2, 0.25) is 0 Å². The number of ether oxygens (including phenoxy) is 1. The molecule has 1 amide bonds. The molecule has 0 aliphatic rings. The fourth-order valence-corrected chi connectivity index (χ4v) is 2.92. The minimum Gasteiger partial charge on any atom is -0.456 e. The van der Waals surface area contributed by atoms with Crippen molar-refractivity contribution in [3.05, 3.63) is 69.7 Å². The van der Waals surface area contributed by atoms with Crippen molar-refractivity contribution in [1.82, 2.24) is 5.32 Å². The molecular weight excluding hydrogens is 373 g/mol. The molecule has 1 N–H and O–H groups in total.